The number of likely N-dealkylation sites (tertiary alicyclic amines) is 1. The monoisotopic (exact) mass is 355 g/mol. The van der Waals surface area contributed by atoms with Gasteiger partial charge in [0.05, 0.1) is 6.04 Å². The molecule has 3 heterocycles. The molecule has 0 spiro atoms. The van der Waals surface area contributed by atoms with Gasteiger partial charge in [-0.1, -0.05) is 0 Å². The zero-order valence-corrected chi connectivity index (χ0v) is 15.3. The van der Waals surface area contributed by atoms with Crippen molar-refractivity contribution in [1.29, 1.82) is 0 Å². The van der Waals surface area contributed by atoms with Crippen molar-refractivity contribution in [3.63, 3.8) is 0 Å². The summed E-state index contributed by atoms with van der Waals surface area (Å²) < 4.78 is 3.80. The maximum absolute atomic E-state index is 12.6. The SMILES string of the molecule is Cn1cccc1C(=O)NC[C@H]1CCC(=O)N(C2CC2)[C@@H]1c1nccn1C. The van der Waals surface area contributed by atoms with E-state index in [1.807, 2.05) is 52.7 Å². The van der Waals surface area contributed by atoms with Gasteiger partial charge in [-0.15, -0.1) is 0 Å². The molecule has 4 rings (SSSR count). The topological polar surface area (TPSA) is 72.2 Å². The van der Waals surface area contributed by atoms with Gasteiger partial charge in [0.2, 0.25) is 5.91 Å². The fourth-order valence-corrected chi connectivity index (χ4v) is 3.98. The van der Waals surface area contributed by atoms with E-state index in [-0.39, 0.29) is 23.8 Å². The highest BCUT2D eigenvalue weighted by atomic mass is 16.2. The summed E-state index contributed by atoms with van der Waals surface area (Å²) in [6, 6.07) is 3.93. The summed E-state index contributed by atoms with van der Waals surface area (Å²) in [5.41, 5.74) is 0.643. The van der Waals surface area contributed by atoms with Crippen LogP contribution >= 0.6 is 0 Å². The molecule has 138 valence electrons. The number of rotatable bonds is 5. The van der Waals surface area contributed by atoms with E-state index >= 15 is 0 Å². The van der Waals surface area contributed by atoms with Gasteiger partial charge in [-0.3, -0.25) is 9.59 Å². The smallest absolute Gasteiger partial charge is 0.267 e. The van der Waals surface area contributed by atoms with E-state index < -0.39 is 0 Å². The Labute approximate surface area is 153 Å². The van der Waals surface area contributed by atoms with Crippen LogP contribution in [0.15, 0.2) is 30.7 Å². The normalized spacial score (nSPS) is 23.3. The number of carbonyl (C=O) groups is 2. The zero-order valence-electron chi connectivity index (χ0n) is 15.3. The minimum absolute atomic E-state index is 0.0718. The Hall–Kier alpha value is -2.57. The largest absolute Gasteiger partial charge is 0.350 e. The van der Waals surface area contributed by atoms with Gasteiger partial charge in [-0.05, 0) is 31.4 Å². The number of aromatic nitrogens is 3. The van der Waals surface area contributed by atoms with Crippen LogP contribution in [0.5, 0.6) is 0 Å². The van der Waals surface area contributed by atoms with Gasteiger partial charge in [-0.25, -0.2) is 4.98 Å². The van der Waals surface area contributed by atoms with Crippen molar-refractivity contribution in [2.24, 2.45) is 20.0 Å². The molecule has 0 aromatic carbocycles. The molecule has 0 unspecified atom stereocenters. The van der Waals surface area contributed by atoms with Gasteiger partial charge in [0.1, 0.15) is 11.5 Å². The summed E-state index contributed by atoms with van der Waals surface area (Å²) in [5, 5.41) is 3.07. The number of hydrogen-bond donors (Lipinski definition) is 1. The molecule has 2 aromatic heterocycles. The second-order valence-corrected chi connectivity index (χ2v) is 7.39. The summed E-state index contributed by atoms with van der Waals surface area (Å²) in [6.07, 6.45) is 9.00. The van der Waals surface area contributed by atoms with Gasteiger partial charge < -0.3 is 19.4 Å². The Kier molecular flexibility index (Phi) is 4.30. The van der Waals surface area contributed by atoms with Gasteiger partial charge in [-0.2, -0.15) is 0 Å². The van der Waals surface area contributed by atoms with Gasteiger partial charge in [0.25, 0.3) is 5.91 Å². The van der Waals surface area contributed by atoms with Crippen LogP contribution in [-0.4, -0.2) is 43.4 Å². The number of piperidine rings is 1. The van der Waals surface area contributed by atoms with Crippen LogP contribution in [0.4, 0.5) is 0 Å². The van der Waals surface area contributed by atoms with Gasteiger partial charge >= 0.3 is 0 Å². The lowest BCUT2D eigenvalue weighted by Crippen LogP contribution is -2.48. The molecule has 0 bridgehead atoms. The number of carbonyl (C=O) groups excluding carboxylic acids is 2. The van der Waals surface area contributed by atoms with Crippen molar-refractivity contribution in [1.82, 2.24) is 24.3 Å². The third-order valence-corrected chi connectivity index (χ3v) is 5.53. The maximum atomic E-state index is 12.6. The molecule has 26 heavy (non-hydrogen) atoms. The lowest BCUT2D eigenvalue weighted by molar-refractivity contribution is -0.140. The Morgan fingerprint density at radius 1 is 1.23 bits per heavy atom. The Morgan fingerprint density at radius 3 is 2.65 bits per heavy atom. The summed E-state index contributed by atoms with van der Waals surface area (Å²) >= 11 is 0. The van der Waals surface area contributed by atoms with E-state index in [1.165, 1.54) is 0 Å². The third-order valence-electron chi connectivity index (χ3n) is 5.53. The Bertz CT molecular complexity index is 820. The Balaban J connectivity index is 1.55. The molecule has 0 radical (unpaired) electrons. The number of aryl methyl sites for hydroxylation is 2. The molecule has 1 saturated heterocycles. The molecule has 2 amide bonds. The number of imidazole rings is 1. The molecular formula is C19H25N5O2. The molecule has 2 atom stereocenters. The lowest BCUT2D eigenvalue weighted by Gasteiger charge is -2.41. The quantitative estimate of drug-likeness (QED) is 0.886. The van der Waals surface area contributed by atoms with Crippen LogP contribution in [-0.2, 0) is 18.9 Å². The van der Waals surface area contributed by atoms with Crippen LogP contribution in [0.25, 0.3) is 0 Å². The van der Waals surface area contributed by atoms with Gasteiger partial charge in [0.15, 0.2) is 0 Å². The van der Waals surface area contributed by atoms with E-state index in [9.17, 15) is 9.59 Å². The van der Waals surface area contributed by atoms with E-state index in [1.54, 1.807) is 6.20 Å². The molecule has 2 fully saturated rings. The minimum atomic E-state index is -0.0778. The molecule has 2 aliphatic rings. The molecular weight excluding hydrogens is 330 g/mol. The van der Waals surface area contributed by atoms with Crippen LogP contribution in [0.2, 0.25) is 0 Å². The first-order valence-corrected chi connectivity index (χ1v) is 9.24. The summed E-state index contributed by atoms with van der Waals surface area (Å²) in [6.45, 7) is 0.540. The van der Waals surface area contributed by atoms with Crippen molar-refractivity contribution in [3.8, 4) is 0 Å². The van der Waals surface area contributed by atoms with Gasteiger partial charge in [0, 0.05) is 57.6 Å². The molecule has 1 aliphatic heterocycles. The predicted molar refractivity (Wildman–Crippen MR) is 96.3 cm³/mol. The van der Waals surface area contributed by atoms with Crippen molar-refractivity contribution in [3.05, 3.63) is 42.2 Å². The summed E-state index contributed by atoms with van der Waals surface area (Å²) in [7, 11) is 3.83. The number of amides is 2. The van der Waals surface area contributed by atoms with E-state index in [0.29, 0.717) is 24.7 Å². The van der Waals surface area contributed by atoms with Crippen molar-refractivity contribution in [2.45, 2.75) is 37.8 Å². The highest BCUT2D eigenvalue weighted by Crippen LogP contribution is 2.42. The minimum Gasteiger partial charge on any atom is -0.350 e. The fourth-order valence-electron chi connectivity index (χ4n) is 3.98. The van der Waals surface area contributed by atoms with Crippen molar-refractivity contribution in [2.75, 3.05) is 6.54 Å². The first kappa shape index (κ1) is 16.9. The number of nitrogens with zero attached hydrogens (tertiary/aromatic N) is 4. The summed E-state index contributed by atoms with van der Waals surface area (Å²) in [5.74, 6) is 1.21. The Morgan fingerprint density at radius 2 is 2.04 bits per heavy atom. The second kappa shape index (κ2) is 6.63. The van der Waals surface area contributed by atoms with Crippen LogP contribution in [0, 0.1) is 5.92 Å². The van der Waals surface area contributed by atoms with E-state index in [4.69, 9.17) is 0 Å². The first-order chi connectivity index (χ1) is 12.6. The van der Waals surface area contributed by atoms with E-state index in [2.05, 4.69) is 10.3 Å². The maximum Gasteiger partial charge on any atom is 0.267 e. The van der Waals surface area contributed by atoms with Crippen LogP contribution in [0.3, 0.4) is 0 Å². The standard InChI is InChI=1S/C19H25N5O2/c1-22-10-3-4-15(22)19(26)21-12-13-5-8-16(25)24(14-6-7-14)17(13)18-20-9-11-23(18)2/h3-4,9-11,13-14,17H,5-8,12H2,1-2H3,(H,21,26)/t13-,17+/m1/s1. The highest BCUT2D eigenvalue weighted by Gasteiger charge is 2.45. The number of hydrogen-bond acceptors (Lipinski definition) is 3. The zero-order chi connectivity index (χ0) is 18.3. The average Bonchev–Trinajstić information content (AvgIpc) is 3.23. The average molecular weight is 355 g/mol. The molecule has 2 aromatic rings. The number of nitrogens with one attached hydrogen (secondary N) is 1. The van der Waals surface area contributed by atoms with Crippen molar-refractivity contribution >= 4 is 11.8 Å². The van der Waals surface area contributed by atoms with Crippen LogP contribution < -0.4 is 5.32 Å². The first-order valence-electron chi connectivity index (χ1n) is 9.24. The molecule has 7 nitrogen and oxygen atoms in total. The lowest BCUT2D eigenvalue weighted by atomic mass is 9.87. The second-order valence-electron chi connectivity index (χ2n) is 7.39. The van der Waals surface area contributed by atoms with E-state index in [0.717, 1.165) is 25.1 Å². The predicted octanol–water partition coefficient (Wildman–Crippen LogP) is 1.63. The fraction of sp³-hybridized carbons (Fsp3) is 0.526. The highest BCUT2D eigenvalue weighted by molar-refractivity contribution is 5.92. The molecule has 1 N–H and O–H groups in total. The molecule has 1 saturated carbocycles. The van der Waals surface area contributed by atoms with Crippen molar-refractivity contribution < 1.29 is 9.59 Å². The van der Waals surface area contributed by atoms with Crippen LogP contribution in [0.1, 0.15) is 48.0 Å². The molecule has 7 heteroatoms. The third kappa shape index (κ3) is 3.02. The molecule has 1 aliphatic carbocycles. The summed E-state index contributed by atoms with van der Waals surface area (Å²) in [4.78, 5) is 31.7.